The van der Waals surface area contributed by atoms with Gasteiger partial charge in [-0.1, -0.05) is 27.7 Å². The second-order valence-electron chi connectivity index (χ2n) is 20.2. The largest absolute Gasteiger partial charge is 0.459 e. The highest BCUT2D eigenvalue weighted by molar-refractivity contribution is 5.83. The van der Waals surface area contributed by atoms with Crippen LogP contribution in [0.25, 0.3) is 0 Å². The first-order valence-electron chi connectivity index (χ1n) is 23.6. The predicted octanol–water partition coefficient (Wildman–Crippen LogP) is 3.28. The van der Waals surface area contributed by atoms with Crippen molar-refractivity contribution in [3.8, 4) is 0 Å². The Kier molecular flexibility index (Phi) is 19.6. The summed E-state index contributed by atoms with van der Waals surface area (Å²) in [7, 11) is 9.31. The van der Waals surface area contributed by atoms with Crippen LogP contribution in [0.4, 0.5) is 0 Å². The Labute approximate surface area is 383 Å². The summed E-state index contributed by atoms with van der Waals surface area (Å²) in [5.74, 6) is -4.85. The monoisotopic (exact) mass is 916 g/mol. The van der Waals surface area contributed by atoms with Gasteiger partial charge in [-0.15, -0.1) is 0 Å². The predicted molar refractivity (Wildman–Crippen MR) is 238 cm³/mol. The van der Waals surface area contributed by atoms with Crippen molar-refractivity contribution in [2.75, 3.05) is 74.8 Å². The third-order valence-corrected chi connectivity index (χ3v) is 14.8. The number of likely N-dealkylation sites (N-methyl/N-ethyl adjacent to an activating group) is 2. The summed E-state index contributed by atoms with van der Waals surface area (Å²) in [6.45, 7) is 23.4. The molecule has 372 valence electrons. The van der Waals surface area contributed by atoms with Crippen molar-refractivity contribution in [3.05, 3.63) is 0 Å². The lowest BCUT2D eigenvalue weighted by Gasteiger charge is -2.53. The van der Waals surface area contributed by atoms with Crippen molar-refractivity contribution in [2.24, 2.45) is 23.7 Å². The number of carbonyl (C=O) groups is 3. The van der Waals surface area contributed by atoms with E-state index < -0.39 is 102 Å². The van der Waals surface area contributed by atoms with Crippen LogP contribution in [0.3, 0.4) is 0 Å². The molecule has 4 rings (SSSR count). The molecular formula is C47H85N3O14. The molecule has 0 aliphatic carbocycles. The maximum atomic E-state index is 14.6. The van der Waals surface area contributed by atoms with Gasteiger partial charge < -0.3 is 57.7 Å². The van der Waals surface area contributed by atoms with E-state index >= 15 is 0 Å². The molecule has 0 aromatic carbocycles. The third-order valence-electron chi connectivity index (χ3n) is 14.8. The number of Topliss-reactive ketones (excluding diaryl/α,β-unsaturated/α-hetero) is 1. The van der Waals surface area contributed by atoms with Crippen LogP contribution in [0.1, 0.15) is 102 Å². The lowest BCUT2D eigenvalue weighted by atomic mass is 9.73. The first-order valence-corrected chi connectivity index (χ1v) is 23.6. The number of hydrogen-bond donors (Lipinski definition) is 2. The number of aliphatic hydroxyl groups excluding tert-OH is 1. The van der Waals surface area contributed by atoms with Crippen molar-refractivity contribution in [3.63, 3.8) is 0 Å². The molecule has 4 aliphatic heterocycles. The van der Waals surface area contributed by atoms with Gasteiger partial charge in [-0.3, -0.25) is 24.2 Å². The number of nitrogens with zero attached hydrogens (tertiary/aromatic N) is 3. The molecule has 0 spiro atoms. The van der Waals surface area contributed by atoms with Gasteiger partial charge in [0.2, 0.25) is 0 Å². The quantitative estimate of drug-likeness (QED) is 0.257. The molecule has 0 saturated carbocycles. The van der Waals surface area contributed by atoms with Crippen LogP contribution in [0, 0.1) is 23.7 Å². The Hall–Kier alpha value is -1.87. The molecule has 18 atom stereocenters. The van der Waals surface area contributed by atoms with E-state index in [1.54, 1.807) is 48.8 Å². The Balaban J connectivity index is 1.91. The first-order chi connectivity index (χ1) is 29.8. The lowest BCUT2D eigenvalue weighted by molar-refractivity contribution is -0.316. The number of morpholine rings is 1. The minimum atomic E-state index is -1.98. The number of aliphatic hydroxyl groups is 2. The van der Waals surface area contributed by atoms with E-state index in [-0.39, 0.29) is 43.2 Å². The van der Waals surface area contributed by atoms with E-state index in [1.165, 1.54) is 13.8 Å². The van der Waals surface area contributed by atoms with Gasteiger partial charge in [0, 0.05) is 77.5 Å². The van der Waals surface area contributed by atoms with Gasteiger partial charge in [-0.25, -0.2) is 0 Å². The maximum Gasteiger partial charge on any atom is 0.311 e. The molecule has 2 N–H and O–H groups in total. The summed E-state index contributed by atoms with van der Waals surface area (Å²) in [5, 5.41) is 23.5. The molecule has 4 aliphatic rings. The van der Waals surface area contributed by atoms with E-state index in [2.05, 4.69) is 28.7 Å². The lowest BCUT2D eigenvalue weighted by Crippen LogP contribution is -2.66. The van der Waals surface area contributed by atoms with E-state index in [1.807, 2.05) is 34.9 Å². The fourth-order valence-corrected chi connectivity index (χ4v) is 10.7. The first kappa shape index (κ1) is 54.7. The molecule has 0 aromatic heterocycles. The van der Waals surface area contributed by atoms with E-state index in [9.17, 15) is 24.6 Å². The minimum absolute atomic E-state index is 0.0454. The zero-order chi connectivity index (χ0) is 48.1. The molecule has 4 saturated heterocycles. The summed E-state index contributed by atoms with van der Waals surface area (Å²) in [4.78, 5) is 48.1. The average molecular weight is 916 g/mol. The normalized spacial score (nSPS) is 43.8. The molecule has 17 nitrogen and oxygen atoms in total. The number of hydrogen-bond acceptors (Lipinski definition) is 17. The van der Waals surface area contributed by atoms with Crippen molar-refractivity contribution in [1.29, 1.82) is 0 Å². The molecule has 0 unspecified atom stereocenters. The number of ketones is 1. The fraction of sp³-hybridized carbons (Fsp3) is 0.936. The van der Waals surface area contributed by atoms with Gasteiger partial charge in [-0.2, -0.15) is 0 Å². The molecule has 64 heavy (non-hydrogen) atoms. The van der Waals surface area contributed by atoms with Crippen LogP contribution >= 0.6 is 0 Å². The van der Waals surface area contributed by atoms with Crippen molar-refractivity contribution < 1.29 is 67.2 Å². The van der Waals surface area contributed by atoms with Crippen molar-refractivity contribution in [2.45, 2.75) is 186 Å². The van der Waals surface area contributed by atoms with E-state index in [4.69, 9.17) is 42.6 Å². The van der Waals surface area contributed by atoms with Crippen molar-refractivity contribution >= 4 is 17.7 Å². The highest BCUT2D eigenvalue weighted by Crippen LogP contribution is 2.43. The molecular weight excluding hydrogens is 831 g/mol. The van der Waals surface area contributed by atoms with Crippen LogP contribution in [0.2, 0.25) is 0 Å². The van der Waals surface area contributed by atoms with Crippen LogP contribution < -0.4 is 0 Å². The highest BCUT2D eigenvalue weighted by atomic mass is 16.7. The summed E-state index contributed by atoms with van der Waals surface area (Å²) in [6, 6.07) is -0.202. The molecule has 17 heteroatoms. The maximum absolute atomic E-state index is 14.6. The number of methoxy groups -OCH3 is 2. The van der Waals surface area contributed by atoms with Gasteiger partial charge in [0.15, 0.2) is 18.7 Å². The SMILES string of the molecule is CC[C@H]1OC(=O)[C@H](C)[C@@H](O[C@H]2C[C@@](C)(OC)[C@@H](OC(C)=O)[C@H](C)O2)[C@H](C)[C@@H](O[C@@H]2O[C@H](C)C[C@@H](N3CCOCC3)[C@@H]2N(C)CCN(C)C)[C@@](C)(OC)C[C@@H](C)C(=O)[C@H](C)[C@@H](O)[C@]1(C)O. The number of ether oxygens (including phenoxy) is 9. The van der Waals surface area contributed by atoms with Crippen LogP contribution in [0.5, 0.6) is 0 Å². The Bertz CT molecular complexity index is 1520. The molecule has 0 bridgehead atoms. The molecule has 0 amide bonds. The summed E-state index contributed by atoms with van der Waals surface area (Å²) >= 11 is 0. The van der Waals surface area contributed by atoms with Gasteiger partial charge >= 0.3 is 11.9 Å². The zero-order valence-electron chi connectivity index (χ0n) is 41.9. The topological polar surface area (TPSA) is 184 Å². The van der Waals surface area contributed by atoms with Gasteiger partial charge in [-0.05, 0) is 81.9 Å². The minimum Gasteiger partial charge on any atom is -0.459 e. The van der Waals surface area contributed by atoms with Crippen LogP contribution in [-0.2, 0) is 57.0 Å². The Morgan fingerprint density at radius 2 is 1.48 bits per heavy atom. The highest BCUT2D eigenvalue weighted by Gasteiger charge is 2.55. The smallest absolute Gasteiger partial charge is 0.311 e. The Morgan fingerprint density at radius 1 is 0.875 bits per heavy atom. The number of rotatable bonds is 13. The van der Waals surface area contributed by atoms with E-state index in [0.717, 1.165) is 32.6 Å². The van der Waals surface area contributed by atoms with Crippen LogP contribution in [0.15, 0.2) is 0 Å². The summed E-state index contributed by atoms with van der Waals surface area (Å²) in [6.07, 6.45) is -6.78. The summed E-state index contributed by atoms with van der Waals surface area (Å²) < 4.78 is 58.0. The van der Waals surface area contributed by atoms with Gasteiger partial charge in [0.25, 0.3) is 0 Å². The zero-order valence-corrected chi connectivity index (χ0v) is 41.9. The second kappa shape index (κ2) is 23.0. The number of cyclic esters (lactones) is 1. The van der Waals surface area contributed by atoms with Crippen molar-refractivity contribution in [1.82, 2.24) is 14.7 Å². The molecule has 4 fully saturated rings. The summed E-state index contributed by atoms with van der Waals surface area (Å²) in [5.41, 5.74) is -4.23. The fourth-order valence-electron chi connectivity index (χ4n) is 10.7. The van der Waals surface area contributed by atoms with Gasteiger partial charge in [0.1, 0.15) is 23.1 Å². The molecule has 0 aromatic rings. The third kappa shape index (κ3) is 12.6. The number of esters is 2. The average Bonchev–Trinajstić information content (AvgIpc) is 3.25. The van der Waals surface area contributed by atoms with E-state index in [0.29, 0.717) is 13.2 Å². The molecule has 4 heterocycles. The number of carbonyl (C=O) groups excluding carboxylic acids is 3. The standard InChI is InChI=1S/C47H85N3O14/c1-17-35-47(11,55)40(53)29(4)38(52)27(2)25-45(9,56-15)41(64-44-37(49(14)19-18-48(12)13)34(24-28(3)59-44)50-20-22-58-23-21-50)30(5)39(31(6)43(54)62-35)63-36-26-46(10,57-16)42(32(7)60-36)61-33(8)51/h27-32,34-37,39-42,44,53,55H,17-26H2,1-16H3/t27-,28-,29+,30+,31-,32+,34-,35-,36+,37+,39+,40-,41-,42+,44+,45+,46-,47-/m1/s1. The van der Waals surface area contributed by atoms with Gasteiger partial charge in [0.05, 0.1) is 61.3 Å². The molecule has 0 radical (unpaired) electrons. The second-order valence-corrected chi connectivity index (χ2v) is 20.2. The Morgan fingerprint density at radius 3 is 2.05 bits per heavy atom. The van der Waals surface area contributed by atoms with Crippen LogP contribution in [-0.4, -0.2) is 202 Å².